The fourth-order valence-corrected chi connectivity index (χ4v) is 4.12. The molecule has 0 aliphatic heterocycles. The van der Waals surface area contributed by atoms with Gasteiger partial charge in [-0.2, -0.15) is 5.10 Å². The average molecular weight is 420 g/mol. The number of esters is 1. The molecule has 0 aliphatic carbocycles. The number of halogens is 1. The van der Waals surface area contributed by atoms with Crippen molar-refractivity contribution in [1.82, 2.24) is 9.78 Å². The van der Waals surface area contributed by atoms with Gasteiger partial charge in [-0.25, -0.2) is 17.9 Å². The maximum atomic E-state index is 12.9. The van der Waals surface area contributed by atoms with Crippen LogP contribution in [0.15, 0.2) is 59.6 Å². The second kappa shape index (κ2) is 8.04. The molecule has 7 nitrogen and oxygen atoms in total. The highest BCUT2D eigenvalue weighted by molar-refractivity contribution is 7.92. The smallest absolute Gasteiger partial charge is 0.343 e. The van der Waals surface area contributed by atoms with E-state index in [-0.39, 0.29) is 27.9 Å². The molecule has 0 unspecified atom stereocenters. The number of rotatable bonds is 6. The van der Waals surface area contributed by atoms with Crippen molar-refractivity contribution in [2.75, 3.05) is 11.3 Å². The van der Waals surface area contributed by atoms with Gasteiger partial charge in [0.15, 0.2) is 5.82 Å². The van der Waals surface area contributed by atoms with Crippen molar-refractivity contribution < 1.29 is 17.9 Å². The molecule has 146 valence electrons. The van der Waals surface area contributed by atoms with E-state index in [9.17, 15) is 13.2 Å². The Hall–Kier alpha value is -2.84. The molecule has 0 atom stereocenters. The lowest BCUT2D eigenvalue weighted by Gasteiger charge is -2.13. The molecule has 0 saturated heterocycles. The Balaban J connectivity index is 2.11. The van der Waals surface area contributed by atoms with Gasteiger partial charge in [0.1, 0.15) is 10.5 Å². The fourth-order valence-electron chi connectivity index (χ4n) is 2.53. The number of aryl methyl sites for hydroxylation is 1. The van der Waals surface area contributed by atoms with Crippen LogP contribution in [0.4, 0.5) is 5.82 Å². The first-order valence-corrected chi connectivity index (χ1v) is 10.3. The number of anilines is 1. The zero-order valence-corrected chi connectivity index (χ0v) is 16.8. The molecule has 1 aromatic heterocycles. The van der Waals surface area contributed by atoms with Crippen LogP contribution in [0.3, 0.4) is 0 Å². The van der Waals surface area contributed by atoms with Crippen LogP contribution in [0.2, 0.25) is 5.02 Å². The molecule has 0 radical (unpaired) electrons. The standard InChI is InChI=1S/C19H18ClN3O4S/c1-3-27-19(24)15-12-21-23(14-10-8-13(2)9-11-14)18(15)22-28(25,26)17-7-5-4-6-16(17)20/h4-12,22H,3H2,1-2H3. The lowest BCUT2D eigenvalue weighted by Crippen LogP contribution is -2.19. The minimum absolute atomic E-state index is 0.00180. The fraction of sp³-hybridized carbons (Fsp3) is 0.158. The van der Waals surface area contributed by atoms with Crippen molar-refractivity contribution in [2.45, 2.75) is 18.7 Å². The van der Waals surface area contributed by atoms with Crippen LogP contribution in [-0.4, -0.2) is 30.8 Å². The zero-order valence-electron chi connectivity index (χ0n) is 15.2. The van der Waals surface area contributed by atoms with Crippen LogP contribution in [0.1, 0.15) is 22.8 Å². The van der Waals surface area contributed by atoms with E-state index in [1.54, 1.807) is 31.2 Å². The maximum Gasteiger partial charge on any atom is 0.343 e. The summed E-state index contributed by atoms with van der Waals surface area (Å²) in [5, 5.41) is 4.24. The molecule has 9 heteroatoms. The number of sulfonamides is 1. The van der Waals surface area contributed by atoms with Gasteiger partial charge in [-0.3, -0.25) is 4.72 Å². The molecule has 0 fully saturated rings. The van der Waals surface area contributed by atoms with Gasteiger partial charge >= 0.3 is 5.97 Å². The second-order valence-corrected chi connectivity index (χ2v) is 7.97. The molecular weight excluding hydrogens is 402 g/mol. The summed E-state index contributed by atoms with van der Waals surface area (Å²) in [4.78, 5) is 12.2. The van der Waals surface area contributed by atoms with Crippen molar-refractivity contribution >= 4 is 33.4 Å². The molecule has 0 saturated carbocycles. The van der Waals surface area contributed by atoms with Gasteiger partial charge in [-0.1, -0.05) is 41.4 Å². The van der Waals surface area contributed by atoms with Gasteiger partial charge in [0, 0.05) is 0 Å². The zero-order chi connectivity index (χ0) is 20.3. The Morgan fingerprint density at radius 3 is 2.50 bits per heavy atom. The Labute approximate surface area is 168 Å². The van der Waals surface area contributed by atoms with Gasteiger partial charge in [0.05, 0.1) is 23.5 Å². The van der Waals surface area contributed by atoms with Crippen LogP contribution in [0.5, 0.6) is 0 Å². The van der Waals surface area contributed by atoms with E-state index >= 15 is 0 Å². The Morgan fingerprint density at radius 2 is 1.86 bits per heavy atom. The third kappa shape index (κ3) is 4.02. The maximum absolute atomic E-state index is 12.9. The summed E-state index contributed by atoms with van der Waals surface area (Å²) in [6.07, 6.45) is 1.27. The summed E-state index contributed by atoms with van der Waals surface area (Å²) in [5.74, 6) is -0.708. The predicted octanol–water partition coefficient (Wildman–Crippen LogP) is 3.81. The van der Waals surface area contributed by atoms with Crippen molar-refractivity contribution in [3.8, 4) is 5.69 Å². The van der Waals surface area contributed by atoms with E-state index in [1.165, 1.54) is 23.0 Å². The molecular formula is C19H18ClN3O4S. The normalized spacial score (nSPS) is 11.2. The van der Waals surface area contributed by atoms with Crippen molar-refractivity contribution in [1.29, 1.82) is 0 Å². The number of benzene rings is 2. The first-order valence-electron chi connectivity index (χ1n) is 8.43. The molecule has 1 N–H and O–H groups in total. The Morgan fingerprint density at radius 1 is 1.18 bits per heavy atom. The summed E-state index contributed by atoms with van der Waals surface area (Å²) in [6, 6.07) is 13.3. The van der Waals surface area contributed by atoms with E-state index in [0.717, 1.165) is 5.56 Å². The van der Waals surface area contributed by atoms with Crippen LogP contribution < -0.4 is 4.72 Å². The van der Waals surface area contributed by atoms with Crippen LogP contribution >= 0.6 is 11.6 Å². The van der Waals surface area contributed by atoms with Crippen molar-refractivity contribution in [3.05, 3.63) is 70.9 Å². The summed E-state index contributed by atoms with van der Waals surface area (Å²) in [7, 11) is -4.07. The number of aromatic nitrogens is 2. The average Bonchev–Trinajstić information content (AvgIpc) is 3.05. The van der Waals surface area contributed by atoms with E-state index in [4.69, 9.17) is 16.3 Å². The molecule has 2 aromatic carbocycles. The molecule has 28 heavy (non-hydrogen) atoms. The van der Waals surface area contributed by atoms with E-state index in [0.29, 0.717) is 5.69 Å². The minimum Gasteiger partial charge on any atom is -0.462 e. The SMILES string of the molecule is CCOC(=O)c1cnn(-c2ccc(C)cc2)c1NS(=O)(=O)c1ccccc1Cl. The summed E-state index contributed by atoms with van der Waals surface area (Å²) < 4.78 is 34.6. The molecule has 1 heterocycles. The van der Waals surface area contributed by atoms with Crippen LogP contribution in [-0.2, 0) is 14.8 Å². The summed E-state index contributed by atoms with van der Waals surface area (Å²) in [6.45, 7) is 3.74. The molecule has 0 bridgehead atoms. The highest BCUT2D eigenvalue weighted by Crippen LogP contribution is 2.27. The number of carbonyl (C=O) groups is 1. The van der Waals surface area contributed by atoms with E-state index in [2.05, 4.69) is 9.82 Å². The van der Waals surface area contributed by atoms with Gasteiger partial charge in [-0.05, 0) is 38.1 Å². The Kier molecular flexibility index (Phi) is 5.71. The number of hydrogen-bond acceptors (Lipinski definition) is 5. The van der Waals surface area contributed by atoms with Gasteiger partial charge in [0.2, 0.25) is 0 Å². The summed E-state index contributed by atoms with van der Waals surface area (Å²) in [5.41, 5.74) is 1.61. The van der Waals surface area contributed by atoms with Crippen molar-refractivity contribution in [2.24, 2.45) is 0 Å². The van der Waals surface area contributed by atoms with Gasteiger partial charge in [0.25, 0.3) is 10.0 Å². The summed E-state index contributed by atoms with van der Waals surface area (Å²) >= 11 is 6.04. The number of hydrogen-bond donors (Lipinski definition) is 1. The molecule has 3 aromatic rings. The predicted molar refractivity (Wildman–Crippen MR) is 107 cm³/mol. The van der Waals surface area contributed by atoms with Gasteiger partial charge in [-0.15, -0.1) is 0 Å². The third-order valence-electron chi connectivity index (χ3n) is 3.90. The van der Waals surface area contributed by atoms with Crippen molar-refractivity contribution in [3.63, 3.8) is 0 Å². The van der Waals surface area contributed by atoms with E-state index in [1.807, 2.05) is 19.1 Å². The third-order valence-corrected chi connectivity index (χ3v) is 5.74. The van der Waals surface area contributed by atoms with Gasteiger partial charge < -0.3 is 4.74 Å². The number of nitrogens with zero attached hydrogens (tertiary/aromatic N) is 2. The quantitative estimate of drug-likeness (QED) is 0.613. The lowest BCUT2D eigenvalue weighted by molar-refractivity contribution is 0.0527. The monoisotopic (exact) mass is 419 g/mol. The highest BCUT2D eigenvalue weighted by atomic mass is 35.5. The first-order chi connectivity index (χ1) is 13.3. The molecule has 0 spiro atoms. The second-order valence-electron chi connectivity index (χ2n) is 5.91. The number of carbonyl (C=O) groups excluding carboxylic acids is 1. The van der Waals surface area contributed by atoms with Crippen LogP contribution in [0.25, 0.3) is 5.69 Å². The molecule has 0 aliphatic rings. The number of ether oxygens (including phenoxy) is 1. The topological polar surface area (TPSA) is 90.3 Å². The first kappa shape index (κ1) is 19.9. The largest absolute Gasteiger partial charge is 0.462 e. The minimum atomic E-state index is -4.07. The number of nitrogens with one attached hydrogen (secondary N) is 1. The highest BCUT2D eigenvalue weighted by Gasteiger charge is 2.26. The van der Waals surface area contributed by atoms with E-state index < -0.39 is 16.0 Å². The lowest BCUT2D eigenvalue weighted by atomic mass is 10.2. The molecule has 3 rings (SSSR count). The molecule has 0 amide bonds. The Bertz CT molecular complexity index is 1110. The van der Waals surface area contributed by atoms with Crippen LogP contribution in [0, 0.1) is 6.92 Å².